The monoisotopic (exact) mass is 370 g/mol. The van der Waals surface area contributed by atoms with Crippen molar-refractivity contribution in [1.82, 2.24) is 20.0 Å². The van der Waals surface area contributed by atoms with Gasteiger partial charge in [0.25, 0.3) is 0 Å². The second-order valence-electron chi connectivity index (χ2n) is 7.57. The molecule has 0 bridgehead atoms. The summed E-state index contributed by atoms with van der Waals surface area (Å²) < 4.78 is 13.5. The first-order valence-electron chi connectivity index (χ1n) is 10.1. The van der Waals surface area contributed by atoms with Crippen molar-refractivity contribution in [3.8, 4) is 22.8 Å². The van der Waals surface area contributed by atoms with Crippen LogP contribution in [0.15, 0.2) is 24.4 Å². The minimum absolute atomic E-state index is 0.698. The lowest BCUT2D eigenvalue weighted by molar-refractivity contribution is 0.297. The number of nitrogens with one attached hydrogen (secondary N) is 1. The van der Waals surface area contributed by atoms with E-state index in [1.165, 1.54) is 25.1 Å². The van der Waals surface area contributed by atoms with E-state index in [9.17, 15) is 0 Å². The molecule has 1 unspecified atom stereocenters. The van der Waals surface area contributed by atoms with Gasteiger partial charge in [-0.25, -0.2) is 0 Å². The van der Waals surface area contributed by atoms with Crippen LogP contribution in [-0.2, 0) is 13.6 Å². The normalized spacial score (nSPS) is 20.0. The number of nitrogens with zero attached hydrogens (tertiary/aromatic N) is 3. The molecule has 1 fully saturated rings. The van der Waals surface area contributed by atoms with Gasteiger partial charge < -0.3 is 19.7 Å². The quantitative estimate of drug-likeness (QED) is 0.847. The maximum atomic E-state index is 5.85. The van der Waals surface area contributed by atoms with Gasteiger partial charge in [0.05, 0.1) is 18.9 Å². The summed E-state index contributed by atoms with van der Waals surface area (Å²) in [5.74, 6) is 2.40. The Morgan fingerprint density at radius 3 is 2.89 bits per heavy atom. The smallest absolute Gasteiger partial charge is 0.161 e. The van der Waals surface area contributed by atoms with E-state index in [0.717, 1.165) is 54.7 Å². The zero-order valence-corrected chi connectivity index (χ0v) is 16.4. The van der Waals surface area contributed by atoms with Gasteiger partial charge in [-0.15, -0.1) is 0 Å². The van der Waals surface area contributed by atoms with E-state index in [4.69, 9.17) is 14.6 Å². The molecule has 4 rings (SSSR count). The minimum Gasteiger partial charge on any atom is -0.490 e. The first-order valence-corrected chi connectivity index (χ1v) is 10.1. The summed E-state index contributed by atoms with van der Waals surface area (Å²) >= 11 is 0. The maximum Gasteiger partial charge on any atom is 0.161 e. The molecule has 1 aromatic carbocycles. The molecule has 6 nitrogen and oxygen atoms in total. The summed E-state index contributed by atoms with van der Waals surface area (Å²) in [6.07, 6.45) is 4.32. The molecule has 3 heterocycles. The van der Waals surface area contributed by atoms with Gasteiger partial charge in [-0.05, 0) is 50.2 Å². The van der Waals surface area contributed by atoms with E-state index in [1.54, 1.807) is 0 Å². The molecule has 1 saturated heterocycles. The van der Waals surface area contributed by atoms with Crippen molar-refractivity contribution in [1.29, 1.82) is 0 Å². The average Bonchev–Trinajstić information content (AvgIpc) is 3.21. The highest BCUT2D eigenvalue weighted by Gasteiger charge is 2.21. The SMILES string of the molecule is CCN1CCC(CNCc2cn(C)nc2-c2ccc3c(c2)OCCCO3)C1. The molecule has 0 aliphatic carbocycles. The molecule has 2 aliphatic heterocycles. The first kappa shape index (κ1) is 18.3. The second-order valence-corrected chi connectivity index (χ2v) is 7.57. The molecule has 1 N–H and O–H groups in total. The molecular formula is C21H30N4O2. The van der Waals surface area contributed by atoms with Crippen molar-refractivity contribution in [3.63, 3.8) is 0 Å². The summed E-state index contributed by atoms with van der Waals surface area (Å²) in [6, 6.07) is 6.14. The molecular weight excluding hydrogens is 340 g/mol. The fourth-order valence-corrected chi connectivity index (χ4v) is 4.00. The predicted octanol–water partition coefficient (Wildman–Crippen LogP) is 2.68. The van der Waals surface area contributed by atoms with E-state index >= 15 is 0 Å². The molecule has 2 aliphatic rings. The van der Waals surface area contributed by atoms with Crippen LogP contribution in [0.1, 0.15) is 25.3 Å². The number of benzene rings is 1. The Kier molecular flexibility index (Phi) is 5.64. The Bertz CT molecular complexity index is 774. The maximum absolute atomic E-state index is 5.85. The number of likely N-dealkylation sites (tertiary alicyclic amines) is 1. The molecule has 27 heavy (non-hydrogen) atoms. The van der Waals surface area contributed by atoms with Gasteiger partial charge in [0, 0.05) is 43.9 Å². The van der Waals surface area contributed by atoms with Gasteiger partial charge >= 0.3 is 0 Å². The lowest BCUT2D eigenvalue weighted by Crippen LogP contribution is -2.26. The van der Waals surface area contributed by atoms with Crippen LogP contribution in [-0.4, -0.2) is 54.1 Å². The van der Waals surface area contributed by atoms with Crippen molar-refractivity contribution in [2.45, 2.75) is 26.3 Å². The number of ether oxygens (including phenoxy) is 2. The fraction of sp³-hybridized carbons (Fsp3) is 0.571. The van der Waals surface area contributed by atoms with Gasteiger partial charge in [0.15, 0.2) is 11.5 Å². The van der Waals surface area contributed by atoms with Crippen LogP contribution in [0.2, 0.25) is 0 Å². The Balaban J connectivity index is 1.44. The summed E-state index contributed by atoms with van der Waals surface area (Å²) in [5.41, 5.74) is 3.31. The molecule has 6 heteroatoms. The number of rotatable bonds is 6. The Labute approximate surface area is 161 Å². The lowest BCUT2D eigenvalue weighted by Gasteiger charge is -2.14. The van der Waals surface area contributed by atoms with Gasteiger partial charge in [-0.1, -0.05) is 6.92 Å². The van der Waals surface area contributed by atoms with Gasteiger partial charge in [-0.3, -0.25) is 4.68 Å². The van der Waals surface area contributed by atoms with Crippen molar-refractivity contribution < 1.29 is 9.47 Å². The zero-order chi connectivity index (χ0) is 18.6. The first-order chi connectivity index (χ1) is 13.2. The molecule has 0 spiro atoms. The van der Waals surface area contributed by atoms with Crippen LogP contribution in [0.25, 0.3) is 11.3 Å². The predicted molar refractivity (Wildman–Crippen MR) is 106 cm³/mol. The largest absolute Gasteiger partial charge is 0.490 e. The van der Waals surface area contributed by atoms with Gasteiger partial charge in [0.2, 0.25) is 0 Å². The number of aryl methyl sites for hydroxylation is 1. The third-order valence-electron chi connectivity index (χ3n) is 5.49. The van der Waals surface area contributed by atoms with E-state index in [-0.39, 0.29) is 0 Å². The van der Waals surface area contributed by atoms with Crippen LogP contribution in [0.4, 0.5) is 0 Å². The molecule has 1 atom stereocenters. The molecule has 2 aromatic rings. The van der Waals surface area contributed by atoms with Crippen molar-refractivity contribution in [2.24, 2.45) is 13.0 Å². The summed E-state index contributed by atoms with van der Waals surface area (Å²) in [4.78, 5) is 2.53. The van der Waals surface area contributed by atoms with E-state index in [1.807, 2.05) is 17.8 Å². The number of hydrogen-bond donors (Lipinski definition) is 1. The molecule has 0 amide bonds. The zero-order valence-electron chi connectivity index (χ0n) is 16.4. The average molecular weight is 370 g/mol. The highest BCUT2D eigenvalue weighted by molar-refractivity contribution is 5.66. The van der Waals surface area contributed by atoms with Crippen LogP contribution in [0.5, 0.6) is 11.5 Å². The third kappa shape index (κ3) is 4.28. The van der Waals surface area contributed by atoms with E-state index in [2.05, 4.69) is 35.5 Å². The van der Waals surface area contributed by atoms with Gasteiger partial charge in [0.1, 0.15) is 0 Å². The highest BCUT2D eigenvalue weighted by Crippen LogP contribution is 2.34. The Hall–Kier alpha value is -2.05. The summed E-state index contributed by atoms with van der Waals surface area (Å²) in [7, 11) is 1.98. The number of hydrogen-bond acceptors (Lipinski definition) is 5. The standard InChI is InChI=1S/C21H30N4O2/c1-3-25-8-7-16(14-25)12-22-13-18-15-24(2)23-21(18)17-5-6-19-20(11-17)27-10-4-9-26-19/h5-6,11,15-16,22H,3-4,7-10,12-14H2,1-2H3. The van der Waals surface area contributed by atoms with Crippen LogP contribution in [0, 0.1) is 5.92 Å². The molecule has 146 valence electrons. The van der Waals surface area contributed by atoms with E-state index in [0.29, 0.717) is 13.2 Å². The highest BCUT2D eigenvalue weighted by atomic mass is 16.5. The summed E-state index contributed by atoms with van der Waals surface area (Å²) in [5, 5.41) is 8.35. The summed E-state index contributed by atoms with van der Waals surface area (Å²) in [6.45, 7) is 9.15. The minimum atomic E-state index is 0.698. The molecule has 0 radical (unpaired) electrons. The molecule has 0 saturated carbocycles. The van der Waals surface area contributed by atoms with Crippen molar-refractivity contribution in [2.75, 3.05) is 39.4 Å². The van der Waals surface area contributed by atoms with Crippen LogP contribution >= 0.6 is 0 Å². The lowest BCUT2D eigenvalue weighted by atomic mass is 10.1. The fourth-order valence-electron chi connectivity index (χ4n) is 4.00. The van der Waals surface area contributed by atoms with Crippen LogP contribution < -0.4 is 14.8 Å². The van der Waals surface area contributed by atoms with E-state index < -0.39 is 0 Å². The van der Waals surface area contributed by atoms with Crippen molar-refractivity contribution in [3.05, 3.63) is 30.0 Å². The number of aromatic nitrogens is 2. The van der Waals surface area contributed by atoms with Crippen LogP contribution in [0.3, 0.4) is 0 Å². The number of fused-ring (bicyclic) bond motifs is 1. The van der Waals surface area contributed by atoms with Crippen molar-refractivity contribution >= 4 is 0 Å². The van der Waals surface area contributed by atoms with Gasteiger partial charge in [-0.2, -0.15) is 5.10 Å². The second kappa shape index (κ2) is 8.31. The topological polar surface area (TPSA) is 51.6 Å². The third-order valence-corrected chi connectivity index (χ3v) is 5.49. The molecule has 1 aromatic heterocycles. The Morgan fingerprint density at radius 1 is 1.22 bits per heavy atom. The Morgan fingerprint density at radius 2 is 2.07 bits per heavy atom.